The monoisotopic (exact) mass is 1480 g/mol. The minimum atomic E-state index is 0.851. The molecule has 0 aliphatic rings. The maximum absolute atomic E-state index is 6.91. The van der Waals surface area contributed by atoms with E-state index in [0.717, 1.165) is 139 Å². The molecule has 2 heterocycles. The zero-order valence-electron chi connectivity index (χ0n) is 63.3. The van der Waals surface area contributed by atoms with E-state index >= 15 is 0 Å². The number of para-hydroxylation sites is 3. The summed E-state index contributed by atoms with van der Waals surface area (Å²) in [4.78, 5) is 4.74. The summed E-state index contributed by atoms with van der Waals surface area (Å²) in [5, 5.41) is 14.2. The molecule has 0 radical (unpaired) electrons. The molecule has 0 amide bonds. The third kappa shape index (κ3) is 12.1. The lowest BCUT2D eigenvalue weighted by Gasteiger charge is -2.26. The normalized spacial score (nSPS) is 11.6. The third-order valence-corrected chi connectivity index (χ3v) is 23.5. The summed E-state index contributed by atoms with van der Waals surface area (Å²) in [6.45, 7) is 0. The van der Waals surface area contributed by atoms with Crippen LogP contribution in [0.25, 0.3) is 187 Å². The Morgan fingerprint density at radius 3 is 0.931 bits per heavy atom. The first-order valence-corrected chi connectivity index (χ1v) is 39.7. The molecule has 22 rings (SSSR count). The minimum absolute atomic E-state index is 0.851. The van der Waals surface area contributed by atoms with Gasteiger partial charge in [-0.15, -0.1) is 0 Å². The standard InChI is InChI=1S/C112H72N2O2/c1-4-31-95-74(18-1)21-12-35-98(95)77-46-44-73(45-47-77)83-25-10-29-93(70-83)113(89-58-48-78(49-59-89)99-36-13-22-75-19-2-5-32-96(75)99)91-64-54-81(55-65-91)104-40-17-42-107-108-72-86(57-67-110(108)116-112(104)107)85-56-66-102-88(69-85)28-15-38-101(102)87-27-9-24-82(68-87)84-26-11-30-94(71-84)114(90-60-50-79(51-61-90)100-37-14-23-76-20-3-6-33-97(76)100)92-62-52-80(53-63-92)103-39-16-41-106-105-34-7-8-43-109(105)115-111(103)106/h1-72H. The van der Waals surface area contributed by atoms with Crippen molar-refractivity contribution < 1.29 is 8.83 Å². The molecule has 0 unspecified atom stereocenters. The van der Waals surface area contributed by atoms with Gasteiger partial charge in [0, 0.05) is 66.8 Å². The van der Waals surface area contributed by atoms with Crippen LogP contribution in [0.3, 0.4) is 0 Å². The molecule has 542 valence electrons. The zero-order valence-corrected chi connectivity index (χ0v) is 63.3. The van der Waals surface area contributed by atoms with E-state index < -0.39 is 0 Å². The Morgan fingerprint density at radius 1 is 0.138 bits per heavy atom. The van der Waals surface area contributed by atoms with Gasteiger partial charge >= 0.3 is 0 Å². The Bertz CT molecular complexity index is 7540. The number of rotatable bonds is 15. The van der Waals surface area contributed by atoms with Crippen molar-refractivity contribution in [1.29, 1.82) is 0 Å². The number of nitrogens with zero attached hydrogens (tertiary/aromatic N) is 2. The molecule has 2 aromatic heterocycles. The van der Waals surface area contributed by atoms with Crippen LogP contribution in [0.15, 0.2) is 446 Å². The second kappa shape index (κ2) is 28.4. The van der Waals surface area contributed by atoms with E-state index in [9.17, 15) is 0 Å². The molecule has 22 aromatic rings. The van der Waals surface area contributed by atoms with Crippen molar-refractivity contribution in [2.24, 2.45) is 0 Å². The Hall–Kier alpha value is -15.4. The fraction of sp³-hybridized carbons (Fsp3) is 0. The van der Waals surface area contributed by atoms with Crippen molar-refractivity contribution >= 4 is 121 Å². The molecule has 0 saturated heterocycles. The molecular weight excluding hydrogens is 1410 g/mol. The van der Waals surface area contributed by atoms with E-state index in [-0.39, 0.29) is 0 Å². The topological polar surface area (TPSA) is 32.8 Å². The molecule has 4 heteroatoms. The second-order valence-electron chi connectivity index (χ2n) is 30.2. The first kappa shape index (κ1) is 67.5. The van der Waals surface area contributed by atoms with Crippen LogP contribution in [0.1, 0.15) is 0 Å². The fourth-order valence-corrected chi connectivity index (χ4v) is 17.7. The molecule has 4 nitrogen and oxygen atoms in total. The Labute approximate surface area is 672 Å². The molecule has 0 N–H and O–H groups in total. The molecule has 0 aliphatic carbocycles. The lowest BCUT2D eigenvalue weighted by atomic mass is 9.93. The van der Waals surface area contributed by atoms with Gasteiger partial charge in [0.2, 0.25) is 0 Å². The lowest BCUT2D eigenvalue weighted by molar-refractivity contribution is 0.669. The van der Waals surface area contributed by atoms with E-state index in [0.29, 0.717) is 0 Å². The van der Waals surface area contributed by atoms with Gasteiger partial charge in [-0.1, -0.05) is 334 Å². The van der Waals surface area contributed by atoms with Crippen molar-refractivity contribution in [2.45, 2.75) is 0 Å². The zero-order chi connectivity index (χ0) is 76.6. The van der Waals surface area contributed by atoms with E-state index in [1.807, 2.05) is 12.1 Å². The van der Waals surface area contributed by atoms with Crippen molar-refractivity contribution in [3.63, 3.8) is 0 Å². The number of fused-ring (bicyclic) bond motifs is 10. The number of hydrogen-bond acceptors (Lipinski definition) is 4. The summed E-state index contributed by atoms with van der Waals surface area (Å²) in [6, 6.07) is 159. The van der Waals surface area contributed by atoms with Crippen LogP contribution in [0.4, 0.5) is 34.1 Å². The Balaban J connectivity index is 0.558. The van der Waals surface area contributed by atoms with Crippen LogP contribution >= 0.6 is 0 Å². The van der Waals surface area contributed by atoms with E-state index in [2.05, 4.69) is 434 Å². The van der Waals surface area contributed by atoms with Gasteiger partial charge < -0.3 is 18.6 Å². The lowest BCUT2D eigenvalue weighted by Crippen LogP contribution is -2.10. The predicted molar refractivity (Wildman–Crippen MR) is 489 cm³/mol. The van der Waals surface area contributed by atoms with Gasteiger partial charge in [0.25, 0.3) is 0 Å². The van der Waals surface area contributed by atoms with Gasteiger partial charge in [0.05, 0.1) is 0 Å². The smallest absolute Gasteiger partial charge is 0.143 e. The third-order valence-electron chi connectivity index (χ3n) is 23.5. The van der Waals surface area contributed by atoms with Crippen LogP contribution in [0.5, 0.6) is 0 Å². The number of hydrogen-bond donors (Lipinski definition) is 0. The highest BCUT2D eigenvalue weighted by molar-refractivity contribution is 6.12. The molecule has 0 atom stereocenters. The maximum Gasteiger partial charge on any atom is 0.143 e. The van der Waals surface area contributed by atoms with Crippen molar-refractivity contribution in [1.82, 2.24) is 0 Å². The van der Waals surface area contributed by atoms with Crippen molar-refractivity contribution in [3.8, 4) is 100 Å². The molecule has 0 fully saturated rings. The largest absolute Gasteiger partial charge is 0.455 e. The van der Waals surface area contributed by atoms with Crippen LogP contribution in [0, 0.1) is 0 Å². The molecule has 0 bridgehead atoms. The van der Waals surface area contributed by atoms with Gasteiger partial charge in [-0.3, -0.25) is 0 Å². The van der Waals surface area contributed by atoms with Crippen LogP contribution in [-0.4, -0.2) is 0 Å². The van der Waals surface area contributed by atoms with Gasteiger partial charge in [-0.25, -0.2) is 0 Å². The Morgan fingerprint density at radius 2 is 0.431 bits per heavy atom. The van der Waals surface area contributed by atoms with Crippen LogP contribution in [-0.2, 0) is 0 Å². The molecule has 0 saturated carbocycles. The van der Waals surface area contributed by atoms with Crippen LogP contribution in [0.2, 0.25) is 0 Å². The molecular formula is C112H72N2O2. The van der Waals surface area contributed by atoms with E-state index in [4.69, 9.17) is 8.83 Å². The first-order chi connectivity index (χ1) is 57.5. The second-order valence-corrected chi connectivity index (χ2v) is 30.2. The summed E-state index contributed by atoms with van der Waals surface area (Å²) in [6.07, 6.45) is 0. The fourth-order valence-electron chi connectivity index (χ4n) is 17.7. The number of anilines is 6. The summed E-state index contributed by atoms with van der Waals surface area (Å²) < 4.78 is 13.4. The molecule has 20 aromatic carbocycles. The Kier molecular flexibility index (Phi) is 16.6. The highest BCUT2D eigenvalue weighted by Gasteiger charge is 2.22. The van der Waals surface area contributed by atoms with E-state index in [1.54, 1.807) is 0 Å². The predicted octanol–water partition coefficient (Wildman–Crippen LogP) is 32.0. The van der Waals surface area contributed by atoms with Gasteiger partial charge in [-0.2, -0.15) is 0 Å². The molecule has 116 heavy (non-hydrogen) atoms. The van der Waals surface area contributed by atoms with Crippen LogP contribution < -0.4 is 9.80 Å². The van der Waals surface area contributed by atoms with Gasteiger partial charge in [0.1, 0.15) is 22.3 Å². The van der Waals surface area contributed by atoms with Gasteiger partial charge in [0.15, 0.2) is 0 Å². The number of benzene rings is 20. The molecule has 0 aliphatic heterocycles. The SMILES string of the molecule is c1cc(-c2cccc(N(c3ccc(-c4cccc5ccccc45)cc3)c3ccc(-c4cccc5c4oc4ccccc45)cc3)c2)cc(-c2cccc3cc(-c4ccc5oc6c(-c7ccc(N(c8ccc(-c9cccc%10ccccc9%10)cc8)c8cccc(-c9ccc(-c%10cccc%11ccccc%10%11)cc9)c8)cc7)cccc6c5c4)ccc23)c1. The minimum Gasteiger partial charge on any atom is -0.455 e. The highest BCUT2D eigenvalue weighted by Crippen LogP contribution is 2.47. The van der Waals surface area contributed by atoms with Crippen molar-refractivity contribution in [3.05, 3.63) is 437 Å². The summed E-state index contributed by atoms with van der Waals surface area (Å²) in [5.74, 6) is 0. The summed E-state index contributed by atoms with van der Waals surface area (Å²) >= 11 is 0. The first-order valence-electron chi connectivity index (χ1n) is 39.7. The number of furan rings is 2. The average Bonchev–Trinajstić information content (AvgIpc) is 1.39. The highest BCUT2D eigenvalue weighted by atomic mass is 16.3. The summed E-state index contributed by atoms with van der Waals surface area (Å²) in [5.41, 5.74) is 30.4. The van der Waals surface area contributed by atoms with E-state index in [1.165, 1.54) is 82.0 Å². The average molecular weight is 1480 g/mol. The van der Waals surface area contributed by atoms with Gasteiger partial charge in [-0.05, 0) is 235 Å². The quantitative estimate of drug-likeness (QED) is 0.102. The van der Waals surface area contributed by atoms with Crippen molar-refractivity contribution in [2.75, 3.05) is 9.80 Å². The molecule has 0 spiro atoms. The maximum atomic E-state index is 6.91. The summed E-state index contributed by atoms with van der Waals surface area (Å²) in [7, 11) is 0.